The van der Waals surface area contributed by atoms with Crippen molar-refractivity contribution in [2.45, 2.75) is 74.7 Å². The molecule has 3 saturated heterocycles. The number of carbonyl (C=O) groups excluding carboxylic acids is 1. The first-order valence-electron chi connectivity index (χ1n) is 13.6. The van der Waals surface area contributed by atoms with Gasteiger partial charge >= 0.3 is 0 Å². The Bertz CT molecular complexity index is 1240. The van der Waals surface area contributed by atoms with Crippen molar-refractivity contribution in [3.8, 4) is 5.75 Å². The second-order valence-electron chi connectivity index (χ2n) is 12.2. The van der Waals surface area contributed by atoms with E-state index in [2.05, 4.69) is 21.9 Å². The lowest BCUT2D eigenvalue weighted by molar-refractivity contribution is -0.171. The molecule has 3 aliphatic heterocycles. The second kappa shape index (κ2) is 6.89. The Morgan fingerprint density at radius 2 is 2.03 bits per heavy atom. The molecule has 8 rings (SSSR count). The van der Waals surface area contributed by atoms with Crippen molar-refractivity contribution in [2.75, 3.05) is 19.6 Å². The zero-order chi connectivity index (χ0) is 23.5. The lowest BCUT2D eigenvalue weighted by Crippen LogP contribution is -2.74. The first-order valence-corrected chi connectivity index (χ1v) is 13.6. The summed E-state index contributed by atoms with van der Waals surface area (Å²) in [6.07, 6.45) is 6.92. The molecule has 6 atom stereocenters. The fourth-order valence-corrected chi connectivity index (χ4v) is 9.20. The first kappa shape index (κ1) is 20.8. The van der Waals surface area contributed by atoms with Crippen molar-refractivity contribution in [2.24, 2.45) is 11.8 Å². The molecule has 3 aliphatic carbocycles. The minimum absolute atomic E-state index is 0.0768. The first-order chi connectivity index (χ1) is 17.0. The molecule has 182 valence electrons. The molecule has 5 fully saturated rings. The SMILES string of the molecule is Cc1cccc(C(=O)N2C[C@H]3O[C@@]45CC[C@@H]2[C@@H]3[C@@]42CCN(CC3CC3)[C@@H]5Cc3ccc(O)cc32)c1. The highest BCUT2D eigenvalue weighted by Crippen LogP contribution is 2.69. The van der Waals surface area contributed by atoms with E-state index in [0.717, 1.165) is 49.3 Å². The second-order valence-corrected chi connectivity index (χ2v) is 12.2. The highest BCUT2D eigenvalue weighted by atomic mass is 16.5. The quantitative estimate of drug-likeness (QED) is 0.735. The highest BCUT2D eigenvalue weighted by molar-refractivity contribution is 5.95. The Balaban J connectivity index is 1.24. The van der Waals surface area contributed by atoms with Crippen LogP contribution in [0.5, 0.6) is 5.75 Å². The van der Waals surface area contributed by atoms with Crippen LogP contribution in [0.25, 0.3) is 0 Å². The topological polar surface area (TPSA) is 53.0 Å². The van der Waals surface area contributed by atoms with Gasteiger partial charge in [0.1, 0.15) is 5.75 Å². The smallest absolute Gasteiger partial charge is 0.254 e. The van der Waals surface area contributed by atoms with Crippen LogP contribution in [-0.4, -0.2) is 64.2 Å². The molecule has 0 aromatic heterocycles. The lowest BCUT2D eigenvalue weighted by atomic mass is 9.46. The number of fused-ring (bicyclic) bond motifs is 1. The van der Waals surface area contributed by atoms with Crippen molar-refractivity contribution in [3.05, 3.63) is 64.7 Å². The fourth-order valence-electron chi connectivity index (χ4n) is 9.20. The van der Waals surface area contributed by atoms with E-state index in [-0.39, 0.29) is 29.1 Å². The summed E-state index contributed by atoms with van der Waals surface area (Å²) >= 11 is 0. The molecule has 6 aliphatic rings. The van der Waals surface area contributed by atoms with Crippen LogP contribution in [0.1, 0.15) is 59.2 Å². The molecular weight excluding hydrogens is 436 g/mol. The maximum Gasteiger partial charge on any atom is 0.254 e. The monoisotopic (exact) mass is 470 g/mol. The fraction of sp³-hybridized carbons (Fsp3) is 0.567. The number of carbonyl (C=O) groups is 1. The number of piperidine rings is 1. The van der Waals surface area contributed by atoms with Crippen molar-refractivity contribution < 1.29 is 14.6 Å². The van der Waals surface area contributed by atoms with Crippen molar-refractivity contribution in [3.63, 3.8) is 0 Å². The van der Waals surface area contributed by atoms with Crippen LogP contribution >= 0.6 is 0 Å². The molecule has 5 heteroatoms. The summed E-state index contributed by atoms with van der Waals surface area (Å²) in [6.45, 7) is 5.04. The van der Waals surface area contributed by atoms with Gasteiger partial charge in [-0.3, -0.25) is 9.69 Å². The average Bonchev–Trinajstić information content (AvgIpc) is 3.54. The third-order valence-electron chi connectivity index (χ3n) is 10.6. The summed E-state index contributed by atoms with van der Waals surface area (Å²) in [5.74, 6) is 1.67. The van der Waals surface area contributed by atoms with E-state index in [0.29, 0.717) is 24.3 Å². The zero-order valence-electron chi connectivity index (χ0n) is 20.5. The van der Waals surface area contributed by atoms with Gasteiger partial charge in [0.2, 0.25) is 0 Å². The van der Waals surface area contributed by atoms with Crippen molar-refractivity contribution in [1.29, 1.82) is 0 Å². The van der Waals surface area contributed by atoms with E-state index in [1.54, 1.807) is 0 Å². The van der Waals surface area contributed by atoms with Gasteiger partial charge in [0.15, 0.2) is 0 Å². The highest BCUT2D eigenvalue weighted by Gasteiger charge is 2.78. The molecule has 3 heterocycles. The molecule has 0 radical (unpaired) electrons. The van der Waals surface area contributed by atoms with Crippen molar-refractivity contribution >= 4 is 5.91 Å². The molecule has 0 unspecified atom stereocenters. The molecule has 2 aromatic rings. The van der Waals surface area contributed by atoms with Crippen LogP contribution in [0.15, 0.2) is 42.5 Å². The molecule has 5 nitrogen and oxygen atoms in total. The van der Waals surface area contributed by atoms with Gasteiger partial charge in [0, 0.05) is 42.1 Å². The van der Waals surface area contributed by atoms with E-state index in [4.69, 9.17) is 4.74 Å². The van der Waals surface area contributed by atoms with Crippen LogP contribution in [0.2, 0.25) is 0 Å². The number of hydrogen-bond acceptors (Lipinski definition) is 4. The molecule has 2 saturated carbocycles. The predicted molar refractivity (Wildman–Crippen MR) is 133 cm³/mol. The largest absolute Gasteiger partial charge is 0.508 e. The third-order valence-corrected chi connectivity index (χ3v) is 10.6. The Labute approximate surface area is 207 Å². The normalized spacial score (nSPS) is 38.8. The maximum absolute atomic E-state index is 13.7. The van der Waals surface area contributed by atoms with E-state index in [9.17, 15) is 9.90 Å². The number of rotatable bonds is 3. The van der Waals surface area contributed by atoms with E-state index in [1.807, 2.05) is 37.3 Å². The number of hydrogen-bond donors (Lipinski definition) is 1. The van der Waals surface area contributed by atoms with Crippen LogP contribution < -0.4 is 0 Å². The number of phenolic OH excluding ortho intramolecular Hbond substituents is 1. The van der Waals surface area contributed by atoms with Crippen LogP contribution in [-0.2, 0) is 16.6 Å². The van der Waals surface area contributed by atoms with Crippen LogP contribution in [0, 0.1) is 18.8 Å². The zero-order valence-corrected chi connectivity index (χ0v) is 20.5. The summed E-state index contributed by atoms with van der Waals surface area (Å²) < 4.78 is 7.28. The lowest BCUT2D eigenvalue weighted by Gasteiger charge is -2.64. The van der Waals surface area contributed by atoms with Crippen LogP contribution in [0.4, 0.5) is 0 Å². The number of phenols is 1. The van der Waals surface area contributed by atoms with E-state index in [1.165, 1.54) is 30.5 Å². The van der Waals surface area contributed by atoms with Gasteiger partial charge in [-0.1, -0.05) is 23.8 Å². The van der Waals surface area contributed by atoms with Crippen LogP contribution in [0.3, 0.4) is 0 Å². The summed E-state index contributed by atoms with van der Waals surface area (Å²) in [5.41, 5.74) is 4.32. The molecule has 0 spiro atoms. The number of aryl methyl sites for hydroxylation is 1. The maximum atomic E-state index is 13.7. The number of amides is 1. The van der Waals surface area contributed by atoms with Crippen molar-refractivity contribution in [1.82, 2.24) is 9.80 Å². The standard InChI is InChI=1S/C30H34N2O3/c1-18-3-2-4-21(13-18)28(34)32-17-25-27-24(32)9-10-30(35-25)26-14-20-7-8-22(33)15-23(20)29(27,30)11-12-31(26)16-19-5-6-19/h2-4,7-8,13,15,19,24-27,33H,5-6,9-12,14,16-17H2,1H3/t24-,25-,26-,27+,29+,30-/m1/s1. The van der Waals surface area contributed by atoms with Gasteiger partial charge in [-0.15, -0.1) is 0 Å². The summed E-state index contributed by atoms with van der Waals surface area (Å²) in [6, 6.07) is 14.7. The average molecular weight is 471 g/mol. The van der Waals surface area contributed by atoms with Gasteiger partial charge in [-0.05, 0) is 93.3 Å². The number of aromatic hydroxyl groups is 1. The molecule has 2 aromatic carbocycles. The Morgan fingerprint density at radius 3 is 2.86 bits per heavy atom. The summed E-state index contributed by atoms with van der Waals surface area (Å²) in [7, 11) is 0. The Kier molecular flexibility index (Phi) is 4.09. The van der Waals surface area contributed by atoms with Gasteiger partial charge in [0.05, 0.1) is 11.7 Å². The minimum Gasteiger partial charge on any atom is -0.508 e. The molecule has 1 N–H and O–H groups in total. The minimum atomic E-state index is -0.189. The number of ether oxygens (including phenoxy) is 1. The summed E-state index contributed by atoms with van der Waals surface area (Å²) in [5, 5.41) is 10.6. The van der Waals surface area contributed by atoms with Gasteiger partial charge in [-0.25, -0.2) is 0 Å². The third kappa shape index (κ3) is 2.59. The summed E-state index contributed by atoms with van der Waals surface area (Å²) in [4.78, 5) is 18.7. The molecular formula is C30H34N2O3. The van der Waals surface area contributed by atoms with E-state index < -0.39 is 0 Å². The van der Waals surface area contributed by atoms with Gasteiger partial charge in [-0.2, -0.15) is 0 Å². The van der Waals surface area contributed by atoms with Gasteiger partial charge in [0.25, 0.3) is 5.91 Å². The van der Waals surface area contributed by atoms with E-state index >= 15 is 0 Å². The number of nitrogens with zero attached hydrogens (tertiary/aromatic N) is 2. The number of likely N-dealkylation sites (tertiary alicyclic amines) is 2. The molecule has 35 heavy (non-hydrogen) atoms. The Morgan fingerprint density at radius 1 is 1.14 bits per heavy atom. The predicted octanol–water partition coefficient (Wildman–Crippen LogP) is 4.05. The molecule has 4 bridgehead atoms. The number of benzene rings is 2. The molecule has 1 amide bonds. The Hall–Kier alpha value is -2.37. The van der Waals surface area contributed by atoms with Gasteiger partial charge < -0.3 is 14.7 Å².